The molecule has 3 aliphatic carbocycles. The Morgan fingerprint density at radius 1 is 1.15 bits per heavy atom. The smallest absolute Gasteiger partial charge is 0.302 e. The monoisotopic (exact) mass is 466 g/mol. The molecule has 4 rings (SSSR count). The molecule has 0 heterocycles. The van der Waals surface area contributed by atoms with Gasteiger partial charge in [-0.15, -0.1) is 0 Å². The van der Waals surface area contributed by atoms with Crippen molar-refractivity contribution in [2.45, 2.75) is 84.8 Å². The summed E-state index contributed by atoms with van der Waals surface area (Å²) in [6.07, 6.45) is 10.8. The number of hydrogen-bond acceptors (Lipinski definition) is 4. The maximum absolute atomic E-state index is 12.2. The Labute approximate surface area is 205 Å². The van der Waals surface area contributed by atoms with Crippen molar-refractivity contribution >= 4 is 12.0 Å². The molecule has 0 aromatic heterocycles. The minimum atomic E-state index is -0.282. The lowest BCUT2D eigenvalue weighted by molar-refractivity contribution is -0.171. The van der Waals surface area contributed by atoms with E-state index in [0.717, 1.165) is 56.3 Å². The van der Waals surface area contributed by atoms with E-state index in [1.165, 1.54) is 5.57 Å². The molecule has 0 spiro atoms. The number of carbonyl (C=O) groups is 1. The normalized spacial score (nSPS) is 38.0. The van der Waals surface area contributed by atoms with E-state index in [1.54, 1.807) is 6.92 Å². The zero-order chi connectivity index (χ0) is 24.5. The highest BCUT2D eigenvalue weighted by atomic mass is 16.5. The first-order valence-electron chi connectivity index (χ1n) is 13.1. The summed E-state index contributed by atoms with van der Waals surface area (Å²) in [5.74, 6) is 1.53. The molecule has 4 heteroatoms. The summed E-state index contributed by atoms with van der Waals surface area (Å²) < 4.78 is 11.7. The standard InChI is InChI=1S/C30H42O4/c1-6-33-25-12-9-22(10-13-25)8-11-23-19-24(32)15-17-30(23,5)27-16-18-29(4)20(2)7-14-26(29)28(27)34-21(3)31/h8-13,23-24,26-28,32H,2,6-7,14-19H2,1,3-5H3/t23-,24-,26?,27?,28+,29-,30-/m1/s1. The molecule has 0 bridgehead atoms. The summed E-state index contributed by atoms with van der Waals surface area (Å²) in [5, 5.41) is 10.6. The highest BCUT2D eigenvalue weighted by molar-refractivity contribution is 5.66. The molecule has 34 heavy (non-hydrogen) atoms. The second-order valence-corrected chi connectivity index (χ2v) is 11.3. The van der Waals surface area contributed by atoms with Crippen molar-refractivity contribution in [1.82, 2.24) is 0 Å². The zero-order valence-corrected chi connectivity index (χ0v) is 21.4. The molecular formula is C30H42O4. The van der Waals surface area contributed by atoms with Gasteiger partial charge in [-0.2, -0.15) is 0 Å². The number of allylic oxidation sites excluding steroid dienone is 2. The first-order chi connectivity index (χ1) is 16.2. The van der Waals surface area contributed by atoms with Gasteiger partial charge in [-0.25, -0.2) is 0 Å². The Kier molecular flexibility index (Phi) is 7.28. The molecule has 0 radical (unpaired) electrons. The lowest BCUT2D eigenvalue weighted by Crippen LogP contribution is -2.53. The molecule has 0 amide bonds. The van der Waals surface area contributed by atoms with E-state index < -0.39 is 0 Å². The van der Waals surface area contributed by atoms with Crippen molar-refractivity contribution < 1.29 is 19.4 Å². The maximum atomic E-state index is 12.2. The zero-order valence-electron chi connectivity index (χ0n) is 21.4. The number of esters is 1. The van der Waals surface area contributed by atoms with E-state index >= 15 is 0 Å². The molecular weight excluding hydrogens is 424 g/mol. The highest BCUT2D eigenvalue weighted by Crippen LogP contribution is 2.62. The van der Waals surface area contributed by atoms with Crippen LogP contribution in [-0.4, -0.2) is 29.9 Å². The fourth-order valence-electron chi connectivity index (χ4n) is 7.22. The van der Waals surface area contributed by atoms with Crippen LogP contribution in [0.25, 0.3) is 6.08 Å². The van der Waals surface area contributed by atoms with Gasteiger partial charge in [0, 0.05) is 18.8 Å². The van der Waals surface area contributed by atoms with Gasteiger partial charge in [0.1, 0.15) is 11.9 Å². The lowest BCUT2D eigenvalue weighted by Gasteiger charge is -2.55. The summed E-state index contributed by atoms with van der Waals surface area (Å²) in [6, 6.07) is 8.17. The number of fused-ring (bicyclic) bond motifs is 1. The highest BCUT2D eigenvalue weighted by Gasteiger charge is 2.58. The molecule has 3 saturated carbocycles. The summed E-state index contributed by atoms with van der Waals surface area (Å²) in [7, 11) is 0. The molecule has 2 unspecified atom stereocenters. The molecule has 1 N–H and O–H groups in total. The average Bonchev–Trinajstić information content (AvgIpc) is 3.10. The van der Waals surface area contributed by atoms with Crippen LogP contribution >= 0.6 is 0 Å². The van der Waals surface area contributed by atoms with E-state index in [2.05, 4.69) is 44.7 Å². The van der Waals surface area contributed by atoms with Gasteiger partial charge < -0.3 is 14.6 Å². The van der Waals surface area contributed by atoms with E-state index in [1.807, 2.05) is 19.1 Å². The Balaban J connectivity index is 1.62. The topological polar surface area (TPSA) is 55.8 Å². The quantitative estimate of drug-likeness (QED) is 0.380. The van der Waals surface area contributed by atoms with Crippen LogP contribution in [0, 0.1) is 28.6 Å². The summed E-state index contributed by atoms with van der Waals surface area (Å²) in [6.45, 7) is 13.3. The van der Waals surface area contributed by atoms with Crippen molar-refractivity contribution in [3.8, 4) is 5.75 Å². The van der Waals surface area contributed by atoms with Crippen LogP contribution in [-0.2, 0) is 9.53 Å². The second kappa shape index (κ2) is 9.89. The number of hydrogen-bond donors (Lipinski definition) is 1. The van der Waals surface area contributed by atoms with Gasteiger partial charge in [-0.1, -0.05) is 50.3 Å². The van der Waals surface area contributed by atoms with Gasteiger partial charge in [0.15, 0.2) is 0 Å². The fourth-order valence-corrected chi connectivity index (χ4v) is 7.22. The molecule has 0 saturated heterocycles. The van der Waals surface area contributed by atoms with Crippen LogP contribution in [0.4, 0.5) is 0 Å². The van der Waals surface area contributed by atoms with Gasteiger partial charge in [-0.3, -0.25) is 4.79 Å². The summed E-state index contributed by atoms with van der Waals surface area (Å²) >= 11 is 0. The van der Waals surface area contributed by atoms with Crippen molar-refractivity contribution in [3.63, 3.8) is 0 Å². The summed E-state index contributed by atoms with van der Waals surface area (Å²) in [5.41, 5.74) is 2.48. The average molecular weight is 467 g/mol. The minimum Gasteiger partial charge on any atom is -0.494 e. The van der Waals surface area contributed by atoms with Crippen LogP contribution in [0.3, 0.4) is 0 Å². The van der Waals surface area contributed by atoms with E-state index in [-0.39, 0.29) is 40.8 Å². The molecule has 1 aromatic rings. The third kappa shape index (κ3) is 4.71. The van der Waals surface area contributed by atoms with E-state index in [4.69, 9.17) is 9.47 Å². The first kappa shape index (κ1) is 25.0. The molecule has 3 aliphatic rings. The Morgan fingerprint density at radius 3 is 2.56 bits per heavy atom. The third-order valence-corrected chi connectivity index (χ3v) is 9.40. The number of rotatable bonds is 6. The lowest BCUT2D eigenvalue weighted by atomic mass is 9.51. The molecule has 3 fully saturated rings. The van der Waals surface area contributed by atoms with Crippen molar-refractivity contribution in [3.05, 3.63) is 48.1 Å². The summed E-state index contributed by atoms with van der Waals surface area (Å²) in [4.78, 5) is 12.2. The van der Waals surface area contributed by atoms with Crippen LogP contribution in [0.15, 0.2) is 42.5 Å². The van der Waals surface area contributed by atoms with Crippen molar-refractivity contribution in [1.29, 1.82) is 0 Å². The molecule has 186 valence electrons. The number of ether oxygens (including phenoxy) is 2. The molecule has 1 aromatic carbocycles. The van der Waals surface area contributed by atoms with Gasteiger partial charge in [-0.05, 0) is 86.3 Å². The van der Waals surface area contributed by atoms with Gasteiger partial charge in [0.2, 0.25) is 0 Å². The largest absolute Gasteiger partial charge is 0.494 e. The number of aliphatic hydroxyl groups excluding tert-OH is 1. The van der Waals surface area contributed by atoms with E-state index in [0.29, 0.717) is 12.5 Å². The van der Waals surface area contributed by atoms with Gasteiger partial charge in [0.05, 0.1) is 12.7 Å². The SMILES string of the molecule is C=C1CCC2[C@H](OC(C)=O)C([C@]3(C)CC[C@@H](O)C[C@H]3C=Cc3ccc(OCC)cc3)CC[C@]12C. The molecule has 4 nitrogen and oxygen atoms in total. The van der Waals surface area contributed by atoms with Gasteiger partial charge in [0.25, 0.3) is 0 Å². The fraction of sp³-hybridized carbons (Fsp3) is 0.633. The number of aliphatic hydroxyl groups is 1. The van der Waals surface area contributed by atoms with Crippen LogP contribution < -0.4 is 4.74 Å². The predicted octanol–water partition coefficient (Wildman–Crippen LogP) is 6.58. The number of carbonyl (C=O) groups excluding carboxylic acids is 1. The Morgan fingerprint density at radius 2 is 1.88 bits per heavy atom. The van der Waals surface area contributed by atoms with Crippen LogP contribution in [0.5, 0.6) is 5.75 Å². The van der Waals surface area contributed by atoms with Crippen LogP contribution in [0.1, 0.15) is 78.2 Å². The van der Waals surface area contributed by atoms with Crippen molar-refractivity contribution in [2.75, 3.05) is 6.61 Å². The Hall–Kier alpha value is -2.07. The minimum absolute atomic E-state index is 0.0354. The number of benzene rings is 1. The first-order valence-corrected chi connectivity index (χ1v) is 13.1. The maximum Gasteiger partial charge on any atom is 0.302 e. The van der Waals surface area contributed by atoms with Crippen molar-refractivity contribution in [2.24, 2.45) is 28.6 Å². The molecule has 7 atom stereocenters. The predicted molar refractivity (Wildman–Crippen MR) is 136 cm³/mol. The molecule has 0 aliphatic heterocycles. The van der Waals surface area contributed by atoms with Gasteiger partial charge >= 0.3 is 5.97 Å². The van der Waals surface area contributed by atoms with E-state index in [9.17, 15) is 9.90 Å². The third-order valence-electron chi connectivity index (χ3n) is 9.40. The van der Waals surface area contributed by atoms with Crippen LogP contribution in [0.2, 0.25) is 0 Å². The second-order valence-electron chi connectivity index (χ2n) is 11.3. The Bertz CT molecular complexity index is 918.